The third-order valence-corrected chi connectivity index (χ3v) is 7.08. The molecule has 1 atom stereocenters. The van der Waals surface area contributed by atoms with Gasteiger partial charge in [0, 0.05) is 18.8 Å². The van der Waals surface area contributed by atoms with Gasteiger partial charge in [-0.05, 0) is 48.8 Å². The Bertz CT molecular complexity index is 593. The number of hydrogen-bond donors (Lipinski definition) is 1. The van der Waals surface area contributed by atoms with E-state index in [2.05, 4.69) is 0 Å². The number of aliphatic hydroxyl groups is 1. The molecule has 0 bridgehead atoms. The molecule has 0 aliphatic carbocycles. The lowest BCUT2D eigenvalue weighted by Gasteiger charge is -2.24. The van der Waals surface area contributed by atoms with Crippen molar-refractivity contribution in [1.29, 1.82) is 0 Å². The lowest BCUT2D eigenvalue weighted by atomic mass is 10.1. The quantitative estimate of drug-likeness (QED) is 0.922. The summed E-state index contributed by atoms with van der Waals surface area (Å²) in [4.78, 5) is 0.312. The molecule has 1 N–H and O–H groups in total. The number of benzene rings is 1. The van der Waals surface area contributed by atoms with Crippen molar-refractivity contribution in [3.05, 3.63) is 28.8 Å². The lowest BCUT2D eigenvalue weighted by Crippen LogP contribution is -2.37. The predicted octanol–water partition coefficient (Wildman–Crippen LogP) is 1.92. The molecule has 2 rings (SSSR count). The van der Waals surface area contributed by atoms with Crippen molar-refractivity contribution in [3.63, 3.8) is 0 Å². The molecule has 1 saturated heterocycles. The van der Waals surface area contributed by atoms with Crippen molar-refractivity contribution in [1.82, 2.24) is 4.31 Å². The summed E-state index contributed by atoms with van der Waals surface area (Å²) in [5.74, 6) is 1.87. The van der Waals surface area contributed by atoms with Crippen LogP contribution in [0.1, 0.15) is 23.1 Å². The zero-order valence-electron chi connectivity index (χ0n) is 12.1. The summed E-state index contributed by atoms with van der Waals surface area (Å²) in [7, 11) is -1.84. The van der Waals surface area contributed by atoms with E-state index < -0.39 is 10.0 Å². The second-order valence-electron chi connectivity index (χ2n) is 5.24. The highest BCUT2D eigenvalue weighted by atomic mass is 32.2. The van der Waals surface area contributed by atoms with Crippen LogP contribution >= 0.6 is 11.8 Å². The number of hydrogen-bond acceptors (Lipinski definition) is 4. The van der Waals surface area contributed by atoms with Gasteiger partial charge in [-0.3, -0.25) is 0 Å². The van der Waals surface area contributed by atoms with E-state index >= 15 is 0 Å². The van der Waals surface area contributed by atoms with Crippen LogP contribution in [0.5, 0.6) is 0 Å². The maximum absolute atomic E-state index is 12.8. The molecule has 112 valence electrons. The van der Waals surface area contributed by atoms with Gasteiger partial charge in [-0.1, -0.05) is 6.07 Å². The molecule has 1 heterocycles. The van der Waals surface area contributed by atoms with Gasteiger partial charge in [0.05, 0.1) is 11.5 Å². The first-order valence-corrected chi connectivity index (χ1v) is 9.24. The lowest BCUT2D eigenvalue weighted by molar-refractivity contribution is 0.280. The number of aryl methyl sites for hydroxylation is 2. The highest BCUT2D eigenvalue weighted by Gasteiger charge is 2.31. The Kier molecular flexibility index (Phi) is 4.79. The Morgan fingerprint density at radius 1 is 1.35 bits per heavy atom. The van der Waals surface area contributed by atoms with Gasteiger partial charge >= 0.3 is 0 Å². The van der Waals surface area contributed by atoms with E-state index in [9.17, 15) is 13.5 Å². The van der Waals surface area contributed by atoms with Gasteiger partial charge < -0.3 is 5.11 Å². The molecule has 4 nitrogen and oxygen atoms in total. The maximum atomic E-state index is 12.8. The fraction of sp³-hybridized carbons (Fsp3) is 0.571. The van der Waals surface area contributed by atoms with Gasteiger partial charge in [-0.2, -0.15) is 16.1 Å². The summed E-state index contributed by atoms with van der Waals surface area (Å²) in [5.41, 5.74) is 2.32. The zero-order valence-corrected chi connectivity index (χ0v) is 13.7. The molecule has 1 aromatic carbocycles. The minimum absolute atomic E-state index is 0.0725. The van der Waals surface area contributed by atoms with E-state index in [1.165, 1.54) is 4.31 Å². The SMILES string of the molecule is Cc1cc(C)c(S(=O)(=O)N(C)C2CCSC2)cc1CO. The Balaban J connectivity index is 2.43. The summed E-state index contributed by atoms with van der Waals surface area (Å²) in [6.07, 6.45) is 0.901. The Labute approximate surface area is 125 Å². The zero-order chi connectivity index (χ0) is 14.9. The third kappa shape index (κ3) is 2.88. The van der Waals surface area contributed by atoms with Crippen molar-refractivity contribution in [2.24, 2.45) is 0 Å². The summed E-state index contributed by atoms with van der Waals surface area (Å²) < 4.78 is 27.0. The minimum Gasteiger partial charge on any atom is -0.392 e. The van der Waals surface area contributed by atoms with E-state index in [-0.39, 0.29) is 12.6 Å². The summed E-state index contributed by atoms with van der Waals surface area (Å²) in [6, 6.07) is 3.51. The van der Waals surface area contributed by atoms with Crippen molar-refractivity contribution >= 4 is 21.8 Å². The predicted molar refractivity (Wildman–Crippen MR) is 82.5 cm³/mol. The van der Waals surface area contributed by atoms with Crippen LogP contribution in [0.3, 0.4) is 0 Å². The highest BCUT2D eigenvalue weighted by molar-refractivity contribution is 7.99. The number of sulfonamides is 1. The largest absolute Gasteiger partial charge is 0.392 e. The first-order valence-electron chi connectivity index (χ1n) is 6.64. The van der Waals surface area contributed by atoms with E-state index in [0.29, 0.717) is 10.5 Å². The molecule has 0 radical (unpaired) electrons. The van der Waals surface area contributed by atoms with Crippen LogP contribution in [0.25, 0.3) is 0 Å². The standard InChI is InChI=1S/C14H21NO3S2/c1-10-6-11(2)14(7-12(10)8-16)20(17,18)15(3)13-4-5-19-9-13/h6-7,13,16H,4-5,8-9H2,1-3H3. The number of aliphatic hydroxyl groups excluding tert-OH is 1. The fourth-order valence-electron chi connectivity index (χ4n) is 2.48. The average Bonchev–Trinajstić information content (AvgIpc) is 2.91. The van der Waals surface area contributed by atoms with Gasteiger partial charge in [0.25, 0.3) is 0 Å². The van der Waals surface area contributed by atoms with Crippen molar-refractivity contribution in [2.45, 2.75) is 37.8 Å². The summed E-state index contributed by atoms with van der Waals surface area (Å²) in [6.45, 7) is 3.54. The molecule has 1 aliphatic heterocycles. The van der Waals surface area contributed by atoms with Crippen LogP contribution in [0, 0.1) is 13.8 Å². The third-order valence-electron chi connectivity index (χ3n) is 3.88. The van der Waals surface area contributed by atoms with E-state index in [0.717, 1.165) is 29.1 Å². The van der Waals surface area contributed by atoms with E-state index in [1.807, 2.05) is 13.0 Å². The van der Waals surface area contributed by atoms with Crippen LogP contribution in [-0.4, -0.2) is 42.4 Å². The Hall–Kier alpha value is -0.560. The highest BCUT2D eigenvalue weighted by Crippen LogP contribution is 2.29. The van der Waals surface area contributed by atoms with Crippen LogP contribution < -0.4 is 0 Å². The topological polar surface area (TPSA) is 57.6 Å². The molecular formula is C14H21NO3S2. The monoisotopic (exact) mass is 315 g/mol. The van der Waals surface area contributed by atoms with Crippen molar-refractivity contribution in [2.75, 3.05) is 18.6 Å². The number of thioether (sulfide) groups is 1. The molecular weight excluding hydrogens is 294 g/mol. The molecule has 0 saturated carbocycles. The minimum atomic E-state index is -3.49. The summed E-state index contributed by atoms with van der Waals surface area (Å²) >= 11 is 1.79. The van der Waals surface area contributed by atoms with Crippen molar-refractivity contribution < 1.29 is 13.5 Å². The first kappa shape index (κ1) is 15.8. The summed E-state index contributed by atoms with van der Waals surface area (Å²) in [5, 5.41) is 9.34. The van der Waals surface area contributed by atoms with Crippen LogP contribution in [0.15, 0.2) is 17.0 Å². The fourth-order valence-corrected chi connectivity index (χ4v) is 5.48. The van der Waals surface area contributed by atoms with Crippen molar-refractivity contribution in [3.8, 4) is 0 Å². The van der Waals surface area contributed by atoms with Gasteiger partial charge in [0.15, 0.2) is 0 Å². The molecule has 6 heteroatoms. The average molecular weight is 315 g/mol. The van der Waals surface area contributed by atoms with Gasteiger partial charge in [0.2, 0.25) is 10.0 Å². The van der Waals surface area contributed by atoms with Gasteiger partial charge in [0.1, 0.15) is 0 Å². The van der Waals surface area contributed by atoms with E-state index in [4.69, 9.17) is 0 Å². The second-order valence-corrected chi connectivity index (χ2v) is 8.36. The molecule has 0 spiro atoms. The molecule has 0 aromatic heterocycles. The Morgan fingerprint density at radius 3 is 2.60 bits per heavy atom. The smallest absolute Gasteiger partial charge is 0.243 e. The normalized spacial score (nSPS) is 19.8. The number of nitrogens with zero attached hydrogens (tertiary/aromatic N) is 1. The molecule has 1 unspecified atom stereocenters. The Morgan fingerprint density at radius 2 is 2.05 bits per heavy atom. The maximum Gasteiger partial charge on any atom is 0.243 e. The molecule has 1 aromatic rings. The van der Waals surface area contributed by atoms with Gasteiger partial charge in [-0.15, -0.1) is 0 Å². The van der Waals surface area contributed by atoms with Crippen LogP contribution in [0.2, 0.25) is 0 Å². The molecule has 0 amide bonds. The molecule has 20 heavy (non-hydrogen) atoms. The first-order chi connectivity index (χ1) is 9.37. The van der Waals surface area contributed by atoms with Gasteiger partial charge in [-0.25, -0.2) is 8.42 Å². The number of rotatable bonds is 4. The molecule has 1 aliphatic rings. The molecule has 1 fully saturated rings. The van der Waals surface area contributed by atoms with Crippen LogP contribution in [0.4, 0.5) is 0 Å². The van der Waals surface area contributed by atoms with Crippen LogP contribution in [-0.2, 0) is 16.6 Å². The van der Waals surface area contributed by atoms with E-state index in [1.54, 1.807) is 31.8 Å². The second kappa shape index (κ2) is 6.05.